The van der Waals surface area contributed by atoms with E-state index >= 15 is 0 Å². The molecule has 0 amide bonds. The predicted octanol–water partition coefficient (Wildman–Crippen LogP) is 3.23. The largest absolute Gasteiger partial charge is 0.474 e. The first kappa shape index (κ1) is 17.9. The van der Waals surface area contributed by atoms with E-state index < -0.39 is 0 Å². The molecule has 6 nitrogen and oxygen atoms in total. The first-order chi connectivity index (χ1) is 13.3. The maximum atomic E-state index is 10.8. The maximum Gasteiger partial charge on any atom is 0.217 e. The van der Waals surface area contributed by atoms with Crippen LogP contribution in [0.5, 0.6) is 5.88 Å². The van der Waals surface area contributed by atoms with E-state index in [1.54, 1.807) is 6.20 Å². The summed E-state index contributed by atoms with van der Waals surface area (Å²) in [7, 11) is 0. The van der Waals surface area contributed by atoms with Crippen LogP contribution < -0.4 is 9.64 Å². The number of nitrogens with zero attached hydrogens (tertiary/aromatic N) is 3. The molecule has 0 radical (unpaired) electrons. The minimum atomic E-state index is 0.170. The normalized spacial score (nSPS) is 19.0. The van der Waals surface area contributed by atoms with Crippen molar-refractivity contribution in [2.24, 2.45) is 0 Å². The smallest absolute Gasteiger partial charge is 0.217 e. The van der Waals surface area contributed by atoms with Crippen molar-refractivity contribution in [3.05, 3.63) is 47.8 Å². The number of hydrogen-bond acceptors (Lipinski definition) is 6. The fraction of sp³-hybridized carbons (Fsp3) is 0.476. The third-order valence-electron chi connectivity index (χ3n) is 5.41. The lowest BCUT2D eigenvalue weighted by Crippen LogP contribution is -2.39. The molecule has 2 aliphatic rings. The van der Waals surface area contributed by atoms with Gasteiger partial charge in [-0.25, -0.2) is 9.97 Å². The molecule has 2 saturated heterocycles. The minimum Gasteiger partial charge on any atom is -0.474 e. The van der Waals surface area contributed by atoms with Gasteiger partial charge in [-0.05, 0) is 37.0 Å². The summed E-state index contributed by atoms with van der Waals surface area (Å²) < 4.78 is 11.8. The quantitative estimate of drug-likeness (QED) is 0.756. The molecule has 0 aliphatic carbocycles. The van der Waals surface area contributed by atoms with Crippen LogP contribution in [0, 0.1) is 0 Å². The van der Waals surface area contributed by atoms with Crippen molar-refractivity contribution in [2.45, 2.75) is 37.7 Å². The number of carbonyl (C=O) groups is 1. The van der Waals surface area contributed by atoms with Crippen LogP contribution in [0.25, 0.3) is 0 Å². The molecule has 142 valence electrons. The third kappa shape index (κ3) is 4.27. The first-order valence-corrected chi connectivity index (χ1v) is 9.69. The summed E-state index contributed by atoms with van der Waals surface area (Å²) in [6.45, 7) is 3.40. The molecule has 0 bridgehead atoms. The van der Waals surface area contributed by atoms with E-state index in [1.165, 1.54) is 5.56 Å². The van der Waals surface area contributed by atoms with Crippen molar-refractivity contribution in [1.82, 2.24) is 9.97 Å². The summed E-state index contributed by atoms with van der Waals surface area (Å²) in [4.78, 5) is 21.9. The lowest BCUT2D eigenvalue weighted by atomic mass is 9.92. The van der Waals surface area contributed by atoms with Crippen molar-refractivity contribution < 1.29 is 14.3 Å². The molecule has 27 heavy (non-hydrogen) atoms. The molecule has 2 aromatic heterocycles. The van der Waals surface area contributed by atoms with Gasteiger partial charge in [-0.15, -0.1) is 0 Å². The molecule has 6 heteroatoms. The summed E-state index contributed by atoms with van der Waals surface area (Å²) in [5, 5.41) is 0. The second kappa shape index (κ2) is 8.48. The topological polar surface area (TPSA) is 64.6 Å². The van der Waals surface area contributed by atoms with Gasteiger partial charge < -0.3 is 14.4 Å². The van der Waals surface area contributed by atoms with E-state index in [-0.39, 0.29) is 6.10 Å². The van der Waals surface area contributed by atoms with Gasteiger partial charge in [-0.2, -0.15) is 0 Å². The number of hydrogen-bond donors (Lipinski definition) is 0. The zero-order chi connectivity index (χ0) is 18.5. The lowest BCUT2D eigenvalue weighted by Gasteiger charge is -2.33. The van der Waals surface area contributed by atoms with E-state index in [1.807, 2.05) is 24.4 Å². The summed E-state index contributed by atoms with van der Waals surface area (Å²) in [6.07, 6.45) is 8.35. The Morgan fingerprint density at radius 3 is 2.59 bits per heavy atom. The fourth-order valence-corrected chi connectivity index (χ4v) is 3.84. The summed E-state index contributed by atoms with van der Waals surface area (Å²) in [6, 6.07) is 7.86. The van der Waals surface area contributed by atoms with Crippen LogP contribution in [0.4, 0.5) is 5.82 Å². The maximum absolute atomic E-state index is 10.8. The number of pyridine rings is 2. The molecular weight excluding hydrogens is 342 g/mol. The van der Waals surface area contributed by atoms with Crippen LogP contribution in [0.15, 0.2) is 36.7 Å². The molecule has 2 fully saturated rings. The van der Waals surface area contributed by atoms with Gasteiger partial charge in [0.25, 0.3) is 0 Å². The van der Waals surface area contributed by atoms with E-state index in [9.17, 15) is 4.79 Å². The van der Waals surface area contributed by atoms with E-state index in [2.05, 4.69) is 20.9 Å². The zero-order valence-corrected chi connectivity index (χ0v) is 15.4. The summed E-state index contributed by atoms with van der Waals surface area (Å²) >= 11 is 0. The summed E-state index contributed by atoms with van der Waals surface area (Å²) in [5.74, 6) is 2.18. The molecule has 0 atom stereocenters. The van der Waals surface area contributed by atoms with Crippen molar-refractivity contribution in [3.8, 4) is 5.88 Å². The van der Waals surface area contributed by atoms with Gasteiger partial charge >= 0.3 is 0 Å². The Kier molecular flexibility index (Phi) is 5.63. The number of piperidine rings is 1. The monoisotopic (exact) mass is 367 g/mol. The average Bonchev–Trinajstić information content (AvgIpc) is 2.75. The Morgan fingerprint density at radius 1 is 1.07 bits per heavy atom. The van der Waals surface area contributed by atoms with Crippen molar-refractivity contribution in [3.63, 3.8) is 0 Å². The highest BCUT2D eigenvalue weighted by molar-refractivity contribution is 5.74. The van der Waals surface area contributed by atoms with Gasteiger partial charge in [0.15, 0.2) is 6.29 Å². The number of aldehydes is 1. The van der Waals surface area contributed by atoms with E-state index in [4.69, 9.17) is 9.47 Å². The van der Waals surface area contributed by atoms with Gasteiger partial charge in [-0.3, -0.25) is 4.79 Å². The Hall–Kier alpha value is -2.47. The Labute approximate surface area is 159 Å². The van der Waals surface area contributed by atoms with Gasteiger partial charge in [0.2, 0.25) is 5.88 Å². The zero-order valence-electron chi connectivity index (χ0n) is 15.4. The van der Waals surface area contributed by atoms with Gasteiger partial charge in [-0.1, -0.05) is 6.07 Å². The fourth-order valence-electron chi connectivity index (χ4n) is 3.84. The van der Waals surface area contributed by atoms with Gasteiger partial charge in [0, 0.05) is 62.7 Å². The molecule has 4 rings (SSSR count). The van der Waals surface area contributed by atoms with Crippen molar-refractivity contribution in [2.75, 3.05) is 31.2 Å². The summed E-state index contributed by atoms with van der Waals surface area (Å²) in [5.41, 5.74) is 1.82. The van der Waals surface area contributed by atoms with Crippen LogP contribution in [0.1, 0.15) is 47.5 Å². The van der Waals surface area contributed by atoms with Crippen LogP contribution in [0.3, 0.4) is 0 Å². The lowest BCUT2D eigenvalue weighted by molar-refractivity contribution is 0.0833. The van der Waals surface area contributed by atoms with Crippen molar-refractivity contribution >= 4 is 12.1 Å². The number of aromatic nitrogens is 2. The average molecular weight is 367 g/mol. The Bertz CT molecular complexity index is 752. The molecule has 2 aliphatic heterocycles. The molecular formula is C21H25N3O3. The number of carbonyl (C=O) groups excluding carboxylic acids is 1. The highest BCUT2D eigenvalue weighted by Gasteiger charge is 2.25. The molecule has 2 aromatic rings. The third-order valence-corrected chi connectivity index (χ3v) is 5.41. The molecule has 0 N–H and O–H groups in total. The molecule has 0 spiro atoms. The van der Waals surface area contributed by atoms with Gasteiger partial charge in [0.1, 0.15) is 11.9 Å². The number of rotatable bonds is 5. The van der Waals surface area contributed by atoms with Crippen LogP contribution in [0.2, 0.25) is 0 Å². The molecule has 0 aromatic carbocycles. The Balaban J connectivity index is 1.37. The standard InChI is InChI=1S/C21H25N3O3/c25-15-16-3-4-20(23-14-16)24-10-5-18(6-11-24)27-21-19(2-1-9-22-21)17-7-12-26-13-8-17/h1-4,9,14-15,17-18H,5-8,10-13H2. The first-order valence-electron chi connectivity index (χ1n) is 9.69. The Morgan fingerprint density at radius 2 is 1.89 bits per heavy atom. The minimum absolute atomic E-state index is 0.170. The highest BCUT2D eigenvalue weighted by Crippen LogP contribution is 2.33. The van der Waals surface area contributed by atoms with Crippen LogP contribution >= 0.6 is 0 Å². The van der Waals surface area contributed by atoms with E-state index in [0.717, 1.165) is 70.0 Å². The predicted molar refractivity (Wildman–Crippen MR) is 103 cm³/mol. The van der Waals surface area contributed by atoms with Crippen LogP contribution in [-0.2, 0) is 4.74 Å². The molecule has 0 unspecified atom stereocenters. The van der Waals surface area contributed by atoms with Gasteiger partial charge in [0.05, 0.1) is 0 Å². The SMILES string of the molecule is O=Cc1ccc(N2CCC(Oc3ncccc3C3CCOCC3)CC2)nc1. The second-order valence-electron chi connectivity index (χ2n) is 7.16. The van der Waals surface area contributed by atoms with E-state index in [0.29, 0.717) is 11.5 Å². The number of anilines is 1. The second-order valence-corrected chi connectivity index (χ2v) is 7.16. The molecule has 4 heterocycles. The van der Waals surface area contributed by atoms with Crippen molar-refractivity contribution in [1.29, 1.82) is 0 Å². The highest BCUT2D eigenvalue weighted by atomic mass is 16.5. The number of ether oxygens (including phenoxy) is 2. The van der Waals surface area contributed by atoms with Crippen LogP contribution in [-0.4, -0.2) is 48.7 Å². The molecule has 0 saturated carbocycles.